The molecule has 0 unspecified atom stereocenters. The highest BCUT2D eigenvalue weighted by atomic mass is 79.9. The lowest BCUT2D eigenvalue weighted by molar-refractivity contribution is -0.121. The van der Waals surface area contributed by atoms with Gasteiger partial charge in [-0.15, -0.1) is 0 Å². The second-order valence-corrected chi connectivity index (χ2v) is 5.34. The minimum Gasteiger partial charge on any atom is -0.367 e. The highest BCUT2D eigenvalue weighted by Gasteiger charge is 2.04. The number of nitrogens with one attached hydrogen (secondary N) is 1. The maximum atomic E-state index is 11.7. The average molecular weight is 334 g/mol. The molecule has 0 aliphatic rings. The van der Waals surface area contributed by atoms with Gasteiger partial charge in [0.2, 0.25) is 5.91 Å². The molecule has 0 radical (unpaired) electrons. The smallest absolute Gasteiger partial charge is 0.250 e. The number of aryl methyl sites for hydroxylation is 1. The van der Waals surface area contributed by atoms with Crippen molar-refractivity contribution in [3.8, 4) is 0 Å². The van der Waals surface area contributed by atoms with Gasteiger partial charge < -0.3 is 10.1 Å². The van der Waals surface area contributed by atoms with Gasteiger partial charge in [-0.25, -0.2) is 0 Å². The molecular weight excluding hydrogens is 318 g/mol. The molecule has 1 N–H and O–H groups in total. The Morgan fingerprint density at radius 1 is 1.20 bits per heavy atom. The summed E-state index contributed by atoms with van der Waals surface area (Å²) in [6, 6.07) is 15.5. The van der Waals surface area contributed by atoms with Crippen molar-refractivity contribution < 1.29 is 9.53 Å². The molecule has 1 amide bonds. The topological polar surface area (TPSA) is 38.3 Å². The van der Waals surface area contributed by atoms with Crippen molar-refractivity contribution in [2.24, 2.45) is 0 Å². The van der Waals surface area contributed by atoms with Crippen LogP contribution in [0.25, 0.3) is 0 Å². The summed E-state index contributed by atoms with van der Waals surface area (Å²) >= 11 is 3.44. The normalized spacial score (nSPS) is 10.3. The van der Waals surface area contributed by atoms with Gasteiger partial charge in [0, 0.05) is 10.2 Å². The Labute approximate surface area is 127 Å². The lowest BCUT2D eigenvalue weighted by Crippen LogP contribution is -2.18. The predicted octanol–water partition coefficient (Wildman–Crippen LogP) is 3.91. The molecule has 0 aromatic heterocycles. The Morgan fingerprint density at radius 3 is 2.65 bits per heavy atom. The van der Waals surface area contributed by atoms with Crippen LogP contribution in [0.2, 0.25) is 0 Å². The molecule has 0 saturated heterocycles. The molecule has 0 atom stereocenters. The molecule has 4 heteroatoms. The van der Waals surface area contributed by atoms with E-state index in [1.807, 2.05) is 55.5 Å². The Kier molecular flexibility index (Phi) is 5.32. The number of amides is 1. The van der Waals surface area contributed by atoms with E-state index >= 15 is 0 Å². The number of benzene rings is 2. The number of hydrogen-bond donors (Lipinski definition) is 1. The Balaban J connectivity index is 1.79. The van der Waals surface area contributed by atoms with Crippen LogP contribution >= 0.6 is 15.9 Å². The Bertz CT molecular complexity index is 584. The fourth-order valence-corrected chi connectivity index (χ4v) is 2.08. The van der Waals surface area contributed by atoms with E-state index in [1.54, 1.807) is 0 Å². The first kappa shape index (κ1) is 14.8. The lowest BCUT2D eigenvalue weighted by Gasteiger charge is -2.08. The number of rotatable bonds is 5. The molecule has 20 heavy (non-hydrogen) atoms. The first-order valence-electron chi connectivity index (χ1n) is 6.33. The summed E-state index contributed by atoms with van der Waals surface area (Å²) in [5.74, 6) is -0.156. The van der Waals surface area contributed by atoms with Gasteiger partial charge in [-0.2, -0.15) is 0 Å². The van der Waals surface area contributed by atoms with Crippen LogP contribution in [0.15, 0.2) is 53.0 Å². The van der Waals surface area contributed by atoms with Crippen LogP contribution in [-0.2, 0) is 16.1 Å². The highest BCUT2D eigenvalue weighted by molar-refractivity contribution is 9.10. The molecule has 0 aliphatic heterocycles. The van der Waals surface area contributed by atoms with Crippen molar-refractivity contribution in [2.75, 3.05) is 11.9 Å². The van der Waals surface area contributed by atoms with Gasteiger partial charge in [0.15, 0.2) is 0 Å². The first-order chi connectivity index (χ1) is 9.65. The number of halogens is 1. The fourth-order valence-electron chi connectivity index (χ4n) is 1.70. The van der Waals surface area contributed by atoms with Crippen molar-refractivity contribution >= 4 is 27.5 Å². The van der Waals surface area contributed by atoms with Gasteiger partial charge in [-0.3, -0.25) is 4.79 Å². The van der Waals surface area contributed by atoms with Crippen LogP contribution in [0.5, 0.6) is 0 Å². The molecule has 2 rings (SSSR count). The third-order valence-corrected chi connectivity index (χ3v) is 3.65. The molecule has 104 valence electrons. The third-order valence-electron chi connectivity index (χ3n) is 2.80. The van der Waals surface area contributed by atoms with E-state index in [4.69, 9.17) is 4.74 Å². The highest BCUT2D eigenvalue weighted by Crippen LogP contribution is 2.20. The molecule has 0 aliphatic carbocycles. The summed E-state index contributed by atoms with van der Waals surface area (Å²) in [5, 5.41) is 2.80. The minimum absolute atomic E-state index is 0.0421. The van der Waals surface area contributed by atoms with Crippen molar-refractivity contribution in [3.05, 3.63) is 64.1 Å². The summed E-state index contributed by atoms with van der Waals surface area (Å²) in [4.78, 5) is 11.7. The number of hydrogen-bond acceptors (Lipinski definition) is 2. The zero-order valence-corrected chi connectivity index (χ0v) is 12.8. The van der Waals surface area contributed by atoms with Crippen LogP contribution in [-0.4, -0.2) is 12.5 Å². The van der Waals surface area contributed by atoms with Gasteiger partial charge in [0.25, 0.3) is 0 Å². The monoisotopic (exact) mass is 333 g/mol. The quantitative estimate of drug-likeness (QED) is 0.900. The van der Waals surface area contributed by atoms with Crippen molar-refractivity contribution in [1.29, 1.82) is 0 Å². The van der Waals surface area contributed by atoms with Crippen LogP contribution in [0.1, 0.15) is 11.1 Å². The summed E-state index contributed by atoms with van der Waals surface area (Å²) in [6.07, 6.45) is 0. The van der Waals surface area contributed by atoms with Crippen LogP contribution in [0.3, 0.4) is 0 Å². The molecule has 0 bridgehead atoms. The van der Waals surface area contributed by atoms with Crippen LogP contribution in [0, 0.1) is 6.92 Å². The Hall–Kier alpha value is -1.65. The molecular formula is C16H16BrNO2. The van der Waals surface area contributed by atoms with Gasteiger partial charge in [-0.1, -0.05) is 52.3 Å². The maximum Gasteiger partial charge on any atom is 0.250 e. The summed E-state index contributed by atoms with van der Waals surface area (Å²) in [5.41, 5.74) is 2.94. The standard InChI is InChI=1S/C16H16BrNO2/c1-12-7-8-14(9-15(12)17)18-16(19)11-20-10-13-5-3-2-4-6-13/h2-9H,10-11H2,1H3,(H,18,19). The number of carbonyl (C=O) groups excluding carboxylic acids is 1. The van der Waals surface area contributed by atoms with Crippen LogP contribution < -0.4 is 5.32 Å². The van der Waals surface area contributed by atoms with Gasteiger partial charge >= 0.3 is 0 Å². The molecule has 0 fully saturated rings. The molecule has 2 aromatic carbocycles. The first-order valence-corrected chi connectivity index (χ1v) is 7.12. The second-order valence-electron chi connectivity index (χ2n) is 4.49. The van der Waals surface area contributed by atoms with Crippen molar-refractivity contribution in [1.82, 2.24) is 0 Å². The summed E-state index contributed by atoms with van der Waals surface area (Å²) in [7, 11) is 0. The average Bonchev–Trinajstić information content (AvgIpc) is 2.44. The zero-order chi connectivity index (χ0) is 14.4. The second kappa shape index (κ2) is 7.22. The van der Waals surface area contributed by atoms with Gasteiger partial charge in [0.05, 0.1) is 6.61 Å². The summed E-state index contributed by atoms with van der Waals surface area (Å²) < 4.78 is 6.36. The van der Waals surface area contributed by atoms with Gasteiger partial charge in [-0.05, 0) is 30.2 Å². The van der Waals surface area contributed by atoms with Crippen LogP contribution in [0.4, 0.5) is 5.69 Å². The molecule has 0 spiro atoms. The molecule has 0 heterocycles. The van der Waals surface area contributed by atoms with E-state index in [9.17, 15) is 4.79 Å². The zero-order valence-electron chi connectivity index (χ0n) is 11.2. The fraction of sp³-hybridized carbons (Fsp3) is 0.188. The van der Waals surface area contributed by atoms with Crippen molar-refractivity contribution in [2.45, 2.75) is 13.5 Å². The van der Waals surface area contributed by atoms with E-state index in [-0.39, 0.29) is 12.5 Å². The van der Waals surface area contributed by atoms with E-state index < -0.39 is 0 Å². The summed E-state index contributed by atoms with van der Waals surface area (Å²) in [6.45, 7) is 2.48. The molecule has 0 saturated carbocycles. The third kappa shape index (κ3) is 4.47. The number of carbonyl (C=O) groups is 1. The Morgan fingerprint density at radius 2 is 1.95 bits per heavy atom. The molecule has 3 nitrogen and oxygen atoms in total. The van der Waals surface area contributed by atoms with Crippen molar-refractivity contribution in [3.63, 3.8) is 0 Å². The maximum absolute atomic E-state index is 11.7. The largest absolute Gasteiger partial charge is 0.367 e. The number of ether oxygens (including phenoxy) is 1. The molecule has 2 aromatic rings. The van der Waals surface area contributed by atoms with E-state index in [0.717, 1.165) is 21.3 Å². The van der Waals surface area contributed by atoms with Gasteiger partial charge in [0.1, 0.15) is 6.61 Å². The predicted molar refractivity (Wildman–Crippen MR) is 83.6 cm³/mol. The SMILES string of the molecule is Cc1ccc(NC(=O)COCc2ccccc2)cc1Br. The van der Waals surface area contributed by atoms with E-state index in [1.165, 1.54) is 0 Å². The van der Waals surface area contributed by atoms with E-state index in [0.29, 0.717) is 6.61 Å². The minimum atomic E-state index is -0.156. The lowest BCUT2D eigenvalue weighted by atomic mass is 10.2. The van der Waals surface area contributed by atoms with E-state index in [2.05, 4.69) is 21.2 Å². The number of anilines is 1.